The molecule has 1 aromatic heterocycles. The second-order valence-electron chi connectivity index (χ2n) is 4.12. The lowest BCUT2D eigenvalue weighted by atomic mass is 10.1. The van der Waals surface area contributed by atoms with Gasteiger partial charge in [0, 0.05) is 18.0 Å². The van der Waals surface area contributed by atoms with E-state index >= 15 is 0 Å². The highest BCUT2D eigenvalue weighted by Crippen LogP contribution is 2.49. The summed E-state index contributed by atoms with van der Waals surface area (Å²) in [6.07, 6.45) is 2.56. The number of nitrogens with zero attached hydrogens (tertiary/aromatic N) is 2. The molecule has 1 saturated carbocycles. The van der Waals surface area contributed by atoms with Crippen LogP contribution in [0.5, 0.6) is 5.88 Å². The topological polar surface area (TPSA) is 53.1 Å². The van der Waals surface area contributed by atoms with E-state index in [1.165, 1.54) is 12.8 Å². The first-order chi connectivity index (χ1) is 6.31. The molecule has 0 amide bonds. The molecule has 0 unspecified atom stereocenters. The first kappa shape index (κ1) is 7.38. The van der Waals surface area contributed by atoms with Crippen molar-refractivity contribution in [3.8, 4) is 5.88 Å². The summed E-state index contributed by atoms with van der Waals surface area (Å²) in [5.41, 5.74) is 6.86. The summed E-state index contributed by atoms with van der Waals surface area (Å²) >= 11 is 0. The highest BCUT2D eigenvalue weighted by atomic mass is 16.5. The van der Waals surface area contributed by atoms with Crippen LogP contribution < -0.4 is 10.5 Å². The molecule has 70 valence electrons. The second-order valence-corrected chi connectivity index (χ2v) is 4.12. The van der Waals surface area contributed by atoms with E-state index in [0.29, 0.717) is 12.0 Å². The van der Waals surface area contributed by atoms with Crippen molar-refractivity contribution in [1.82, 2.24) is 9.78 Å². The van der Waals surface area contributed by atoms with Gasteiger partial charge in [0.15, 0.2) is 0 Å². The molecule has 1 aromatic rings. The lowest BCUT2D eigenvalue weighted by Gasteiger charge is -2.22. The van der Waals surface area contributed by atoms with Gasteiger partial charge in [-0.05, 0) is 12.8 Å². The smallest absolute Gasteiger partial charge is 0.212 e. The number of hydrogen-bond donors (Lipinski definition) is 1. The van der Waals surface area contributed by atoms with Gasteiger partial charge in [0.25, 0.3) is 0 Å². The van der Waals surface area contributed by atoms with E-state index < -0.39 is 0 Å². The average Bonchev–Trinajstić information content (AvgIpc) is 2.77. The van der Waals surface area contributed by atoms with Crippen LogP contribution >= 0.6 is 0 Å². The molecule has 0 saturated heterocycles. The molecule has 0 aromatic carbocycles. The molecule has 1 aliphatic carbocycles. The van der Waals surface area contributed by atoms with Crippen LogP contribution in [0.3, 0.4) is 0 Å². The van der Waals surface area contributed by atoms with Crippen molar-refractivity contribution in [2.75, 3.05) is 6.61 Å². The molecule has 4 heteroatoms. The lowest BCUT2D eigenvalue weighted by Crippen LogP contribution is -2.26. The monoisotopic (exact) mass is 179 g/mol. The Bertz CT molecular complexity index is 341. The number of nitrogens with two attached hydrogens (primary N) is 1. The highest BCUT2D eigenvalue weighted by Gasteiger charge is 2.47. The quantitative estimate of drug-likeness (QED) is 0.683. The summed E-state index contributed by atoms with van der Waals surface area (Å²) in [5, 5.41) is 4.37. The van der Waals surface area contributed by atoms with Gasteiger partial charge < -0.3 is 10.5 Å². The Balaban J connectivity index is 1.94. The molecule has 1 spiro atoms. The Kier molecular flexibility index (Phi) is 1.28. The van der Waals surface area contributed by atoms with Crippen molar-refractivity contribution < 1.29 is 4.74 Å². The zero-order chi connectivity index (χ0) is 8.89. The summed E-state index contributed by atoms with van der Waals surface area (Å²) in [5.74, 6) is 0.887. The minimum Gasteiger partial charge on any atom is -0.477 e. The fourth-order valence-electron chi connectivity index (χ4n) is 1.85. The van der Waals surface area contributed by atoms with Gasteiger partial charge in [0.1, 0.15) is 0 Å². The molecule has 2 heterocycles. The molecule has 13 heavy (non-hydrogen) atoms. The molecule has 0 radical (unpaired) electrons. The number of ether oxygens (including phenoxy) is 1. The third-order valence-corrected chi connectivity index (χ3v) is 2.97. The maximum Gasteiger partial charge on any atom is 0.212 e. The van der Waals surface area contributed by atoms with Crippen molar-refractivity contribution in [3.63, 3.8) is 0 Å². The van der Waals surface area contributed by atoms with Gasteiger partial charge in [-0.2, -0.15) is 5.10 Å². The van der Waals surface area contributed by atoms with Crippen LogP contribution in [0, 0.1) is 5.41 Å². The van der Waals surface area contributed by atoms with E-state index in [1.54, 1.807) is 0 Å². The molecule has 2 N–H and O–H groups in total. The zero-order valence-electron chi connectivity index (χ0n) is 7.49. The van der Waals surface area contributed by atoms with Gasteiger partial charge in [0.2, 0.25) is 5.88 Å². The second kappa shape index (κ2) is 2.26. The number of hydrogen-bond acceptors (Lipinski definition) is 3. The maximum absolute atomic E-state index is 5.63. The molecule has 1 aliphatic heterocycles. The number of fused-ring (bicyclic) bond motifs is 1. The van der Waals surface area contributed by atoms with Crippen LogP contribution in [0.4, 0.5) is 0 Å². The van der Waals surface area contributed by atoms with Crippen molar-refractivity contribution in [3.05, 3.63) is 11.8 Å². The SMILES string of the molecule is NCc1cc2n(n1)CC1(CC1)CO2. The average molecular weight is 179 g/mol. The van der Waals surface area contributed by atoms with Gasteiger partial charge in [-0.3, -0.25) is 0 Å². The minimum absolute atomic E-state index is 0.422. The summed E-state index contributed by atoms with van der Waals surface area (Å²) in [6, 6.07) is 1.94. The van der Waals surface area contributed by atoms with Gasteiger partial charge in [-0.1, -0.05) is 0 Å². The van der Waals surface area contributed by atoms with Crippen LogP contribution in [-0.4, -0.2) is 16.4 Å². The summed E-state index contributed by atoms with van der Waals surface area (Å²) < 4.78 is 7.59. The molecule has 2 aliphatic rings. The number of aromatic nitrogens is 2. The third-order valence-electron chi connectivity index (χ3n) is 2.97. The minimum atomic E-state index is 0.422. The normalized spacial score (nSPS) is 22.5. The van der Waals surface area contributed by atoms with E-state index in [1.807, 2.05) is 10.7 Å². The Morgan fingerprint density at radius 3 is 3.15 bits per heavy atom. The highest BCUT2D eigenvalue weighted by molar-refractivity contribution is 5.19. The predicted molar refractivity (Wildman–Crippen MR) is 47.3 cm³/mol. The first-order valence-corrected chi connectivity index (χ1v) is 4.71. The zero-order valence-corrected chi connectivity index (χ0v) is 7.49. The fourth-order valence-corrected chi connectivity index (χ4v) is 1.85. The van der Waals surface area contributed by atoms with Gasteiger partial charge in [0.05, 0.1) is 18.8 Å². The Morgan fingerprint density at radius 2 is 2.46 bits per heavy atom. The van der Waals surface area contributed by atoms with E-state index in [-0.39, 0.29) is 0 Å². The lowest BCUT2D eigenvalue weighted by molar-refractivity contribution is 0.148. The van der Waals surface area contributed by atoms with Crippen molar-refractivity contribution >= 4 is 0 Å². The number of rotatable bonds is 1. The first-order valence-electron chi connectivity index (χ1n) is 4.71. The Hall–Kier alpha value is -1.03. The molecule has 1 fully saturated rings. The summed E-state index contributed by atoms with van der Waals surface area (Å²) in [7, 11) is 0. The van der Waals surface area contributed by atoms with Crippen LogP contribution in [0.2, 0.25) is 0 Å². The summed E-state index contributed by atoms with van der Waals surface area (Å²) in [6.45, 7) is 2.38. The molecule has 0 atom stereocenters. The van der Waals surface area contributed by atoms with Crippen LogP contribution in [0.15, 0.2) is 6.07 Å². The standard InChI is InChI=1S/C9H13N3O/c10-4-7-3-8-12(11-7)5-9(1-2-9)6-13-8/h3H,1-2,4-6,10H2. The van der Waals surface area contributed by atoms with Crippen molar-refractivity contribution in [1.29, 1.82) is 0 Å². The molecule has 3 rings (SSSR count). The predicted octanol–water partition coefficient (Wildman–Crippen LogP) is 0.514. The van der Waals surface area contributed by atoms with Gasteiger partial charge >= 0.3 is 0 Å². The van der Waals surface area contributed by atoms with E-state index in [0.717, 1.165) is 24.7 Å². The summed E-state index contributed by atoms with van der Waals surface area (Å²) in [4.78, 5) is 0. The van der Waals surface area contributed by atoms with Crippen LogP contribution in [-0.2, 0) is 13.1 Å². The molecular formula is C9H13N3O. The van der Waals surface area contributed by atoms with Gasteiger partial charge in [-0.25, -0.2) is 4.68 Å². The van der Waals surface area contributed by atoms with Crippen LogP contribution in [0.25, 0.3) is 0 Å². The van der Waals surface area contributed by atoms with E-state index in [2.05, 4.69) is 5.10 Å². The largest absolute Gasteiger partial charge is 0.477 e. The van der Waals surface area contributed by atoms with E-state index in [9.17, 15) is 0 Å². The fraction of sp³-hybridized carbons (Fsp3) is 0.667. The van der Waals surface area contributed by atoms with E-state index in [4.69, 9.17) is 10.5 Å². The Morgan fingerprint density at radius 1 is 1.62 bits per heavy atom. The molecule has 4 nitrogen and oxygen atoms in total. The molecule has 0 bridgehead atoms. The van der Waals surface area contributed by atoms with Crippen LogP contribution in [0.1, 0.15) is 18.5 Å². The Labute approximate surface area is 76.7 Å². The maximum atomic E-state index is 5.63. The van der Waals surface area contributed by atoms with Crippen molar-refractivity contribution in [2.45, 2.75) is 25.9 Å². The third kappa shape index (κ3) is 1.05. The molecular weight excluding hydrogens is 166 g/mol. The van der Waals surface area contributed by atoms with Crippen molar-refractivity contribution in [2.24, 2.45) is 11.1 Å². The van der Waals surface area contributed by atoms with Gasteiger partial charge in [-0.15, -0.1) is 0 Å².